The van der Waals surface area contributed by atoms with Crippen molar-refractivity contribution in [1.82, 2.24) is 4.31 Å². The van der Waals surface area contributed by atoms with Gasteiger partial charge in [0.1, 0.15) is 19.7 Å². The molecule has 0 saturated heterocycles. The van der Waals surface area contributed by atoms with Crippen molar-refractivity contribution >= 4 is 20.4 Å². The van der Waals surface area contributed by atoms with Crippen LogP contribution in [0.4, 0.5) is 0 Å². The third kappa shape index (κ3) is 7.08. The molecule has 3 aromatic carbocycles. The van der Waals surface area contributed by atoms with E-state index in [1.165, 1.54) is 4.31 Å². The lowest BCUT2D eigenvalue weighted by atomic mass is 10.0. The van der Waals surface area contributed by atoms with Crippen LogP contribution in [0.25, 0.3) is 11.5 Å². The average molecular weight is 603 g/mol. The summed E-state index contributed by atoms with van der Waals surface area (Å²) in [7, 11) is -5.67. The molecule has 13 heteroatoms. The molecule has 2 atom stereocenters. The lowest BCUT2D eigenvalue weighted by Gasteiger charge is -2.36. The Morgan fingerprint density at radius 1 is 0.951 bits per heavy atom. The van der Waals surface area contributed by atoms with Crippen LogP contribution in [0.15, 0.2) is 100 Å². The number of aliphatic hydroxyl groups excluding tert-OH is 1. The summed E-state index contributed by atoms with van der Waals surface area (Å²) in [6.07, 6.45) is -0.800. The zero-order chi connectivity index (χ0) is 29.6. The molecule has 5 rings (SSSR count). The molecular formula is C28H30N2O9S2. The van der Waals surface area contributed by atoms with Crippen LogP contribution in [0.2, 0.25) is 0 Å². The summed E-state index contributed by atoms with van der Waals surface area (Å²) in [6.45, 7) is -0.127. The van der Waals surface area contributed by atoms with Crippen molar-refractivity contribution in [3.8, 4) is 11.5 Å². The van der Waals surface area contributed by atoms with E-state index in [2.05, 4.69) is 4.18 Å². The number of hydrogen-bond donors (Lipinski definition) is 1. The molecule has 41 heavy (non-hydrogen) atoms. The lowest BCUT2D eigenvalue weighted by molar-refractivity contribution is -0.671. The molecule has 0 bridgehead atoms. The fraction of sp³-hybridized carbons (Fsp3) is 0.250. The molecule has 11 nitrogen and oxygen atoms in total. The Morgan fingerprint density at radius 2 is 1.49 bits per heavy atom. The van der Waals surface area contributed by atoms with Gasteiger partial charge in [0, 0.05) is 0 Å². The maximum absolute atomic E-state index is 13.7. The number of aromatic nitrogens is 1. The van der Waals surface area contributed by atoms with Crippen LogP contribution in [0.1, 0.15) is 23.1 Å². The van der Waals surface area contributed by atoms with Crippen LogP contribution in [0.5, 0.6) is 0 Å². The molecule has 0 spiro atoms. The first-order valence-electron chi connectivity index (χ1n) is 12.5. The van der Waals surface area contributed by atoms with Crippen molar-refractivity contribution in [2.45, 2.75) is 30.2 Å². The van der Waals surface area contributed by atoms with E-state index in [1.54, 1.807) is 30.3 Å². The van der Waals surface area contributed by atoms with Gasteiger partial charge in [-0.2, -0.15) is 8.87 Å². The second-order valence-corrected chi connectivity index (χ2v) is 12.1. The summed E-state index contributed by atoms with van der Waals surface area (Å²) in [4.78, 5) is 0.165. The molecule has 1 N–H and O–H groups in total. The molecule has 0 amide bonds. The van der Waals surface area contributed by atoms with Gasteiger partial charge in [0.05, 0.1) is 36.8 Å². The number of nitrogens with zero attached hydrogens (tertiary/aromatic N) is 2. The van der Waals surface area contributed by atoms with Crippen LogP contribution in [-0.2, 0) is 49.5 Å². The molecule has 1 aliphatic heterocycles. The summed E-state index contributed by atoms with van der Waals surface area (Å²) < 4.78 is 74.2. The van der Waals surface area contributed by atoms with Crippen molar-refractivity contribution in [2.24, 2.45) is 7.05 Å². The second kappa shape index (κ2) is 13.0. The minimum atomic E-state index is -4.41. The maximum atomic E-state index is 13.7. The van der Waals surface area contributed by atoms with Crippen molar-refractivity contribution in [2.75, 3.05) is 13.7 Å². The highest BCUT2D eigenvalue weighted by Gasteiger charge is 2.49. The number of oxazole rings is 1. The number of hydrogen-bond acceptors (Lipinski definition) is 9. The van der Waals surface area contributed by atoms with Crippen molar-refractivity contribution in [1.29, 1.82) is 0 Å². The smallest absolute Gasteiger partial charge is 0.380 e. The van der Waals surface area contributed by atoms with Gasteiger partial charge in [-0.15, -0.1) is 0 Å². The topological polar surface area (TPSA) is 150 Å². The molecule has 4 aromatic rings. The van der Waals surface area contributed by atoms with Gasteiger partial charge in [0.2, 0.25) is 31.9 Å². The summed E-state index contributed by atoms with van der Waals surface area (Å²) in [5.41, 5.74) is 2.49. The Balaban J connectivity index is 0.000000585. The molecule has 1 aromatic heterocycles. The first-order valence-corrected chi connectivity index (χ1v) is 15.3. The number of benzene rings is 3. The SMILES string of the molecule is COS(=O)(=O)[O-].C[n+]1c(-c2ccccc2)oc2c1CN(S(=O)(=O)c1ccccc1)[C@@H](CO)[C@H]2OCc1ccccc1. The normalized spacial score (nSPS) is 17.4. The highest BCUT2D eigenvalue weighted by molar-refractivity contribution is 7.89. The third-order valence-corrected chi connectivity index (χ3v) is 8.81. The Bertz CT molecular complexity index is 1640. The number of fused-ring (bicyclic) bond motifs is 1. The fourth-order valence-electron chi connectivity index (χ4n) is 4.47. The Hall–Kier alpha value is -3.43. The third-order valence-electron chi connectivity index (χ3n) is 6.52. The monoisotopic (exact) mass is 602 g/mol. The van der Waals surface area contributed by atoms with E-state index < -0.39 is 39.2 Å². The highest BCUT2D eigenvalue weighted by atomic mass is 32.3. The molecule has 218 valence electrons. The maximum Gasteiger partial charge on any atom is 0.380 e. The van der Waals surface area contributed by atoms with Gasteiger partial charge in [-0.1, -0.05) is 66.7 Å². The zero-order valence-electron chi connectivity index (χ0n) is 22.4. The standard InChI is InChI=1S/C27H27N2O5S.CH4O4S/c1-28-23-17-29(35(31,32)22-15-9-4-10-16-22)24(18-30)25(33-19-20-11-5-2-6-12-20)26(23)34-27(28)21-13-7-3-8-14-21;1-5-6(2,3)4/h2-16,24-25,30H,17-19H2,1H3;1H3,(H,2,3,4)/q+1;/p-1/t24-,25+;/m0./s1. The van der Waals surface area contributed by atoms with Crippen LogP contribution < -0.4 is 4.57 Å². The molecule has 0 radical (unpaired) electrons. The van der Waals surface area contributed by atoms with Crippen LogP contribution in [0, 0.1) is 0 Å². The molecule has 2 heterocycles. The Morgan fingerprint density at radius 3 is 2.02 bits per heavy atom. The quantitative estimate of drug-likeness (QED) is 0.182. The predicted octanol–water partition coefficient (Wildman–Crippen LogP) is 2.69. The fourth-order valence-corrected chi connectivity index (χ4v) is 6.07. The van der Waals surface area contributed by atoms with E-state index in [0.717, 1.165) is 18.2 Å². The van der Waals surface area contributed by atoms with Gasteiger partial charge in [-0.05, 0) is 29.8 Å². The first kappa shape index (κ1) is 30.5. The summed E-state index contributed by atoms with van der Waals surface area (Å²) in [5, 5.41) is 10.4. The number of aliphatic hydroxyl groups is 1. The predicted molar refractivity (Wildman–Crippen MR) is 146 cm³/mol. The summed E-state index contributed by atoms with van der Waals surface area (Å²) in [5.74, 6) is 1.13. The van der Waals surface area contributed by atoms with Crippen molar-refractivity contribution in [3.63, 3.8) is 0 Å². The molecule has 0 saturated carbocycles. The van der Waals surface area contributed by atoms with Crippen LogP contribution >= 0.6 is 0 Å². The van der Waals surface area contributed by atoms with Crippen molar-refractivity contribution in [3.05, 3.63) is 108 Å². The van der Waals surface area contributed by atoms with Gasteiger partial charge in [0.15, 0.2) is 0 Å². The van der Waals surface area contributed by atoms with E-state index in [-0.39, 0.29) is 18.0 Å². The van der Waals surface area contributed by atoms with Crippen molar-refractivity contribution < 1.29 is 44.4 Å². The zero-order valence-corrected chi connectivity index (χ0v) is 24.0. The average Bonchev–Trinajstić information content (AvgIpc) is 3.32. The van der Waals surface area contributed by atoms with Crippen LogP contribution in [0.3, 0.4) is 0 Å². The molecule has 0 fully saturated rings. The minimum absolute atomic E-state index is 0.0514. The highest BCUT2D eigenvalue weighted by Crippen LogP contribution is 2.39. The van der Waals surface area contributed by atoms with Gasteiger partial charge in [-0.25, -0.2) is 16.8 Å². The molecule has 1 aliphatic rings. The van der Waals surface area contributed by atoms with Gasteiger partial charge < -0.3 is 18.8 Å². The minimum Gasteiger partial charge on any atom is -0.726 e. The van der Waals surface area contributed by atoms with E-state index in [4.69, 9.17) is 9.15 Å². The number of ether oxygens (including phenoxy) is 1. The lowest BCUT2D eigenvalue weighted by Crippen LogP contribution is -2.52. The molecular weight excluding hydrogens is 572 g/mol. The number of rotatable bonds is 8. The summed E-state index contributed by atoms with van der Waals surface area (Å²) in [6, 6.07) is 26.7. The van der Waals surface area contributed by atoms with E-state index in [1.807, 2.05) is 72.3 Å². The van der Waals surface area contributed by atoms with Gasteiger partial charge in [0.25, 0.3) is 0 Å². The van der Waals surface area contributed by atoms with E-state index >= 15 is 0 Å². The van der Waals surface area contributed by atoms with Gasteiger partial charge in [-0.3, -0.25) is 4.18 Å². The van der Waals surface area contributed by atoms with Gasteiger partial charge >= 0.3 is 5.89 Å². The number of sulfonamides is 1. The van der Waals surface area contributed by atoms with Crippen LogP contribution in [-0.4, -0.2) is 50.6 Å². The Labute approximate surface area is 239 Å². The first-order chi connectivity index (χ1) is 19.6. The van der Waals surface area contributed by atoms with E-state index in [9.17, 15) is 26.5 Å². The summed E-state index contributed by atoms with van der Waals surface area (Å²) >= 11 is 0. The second-order valence-electron chi connectivity index (χ2n) is 9.05. The largest absolute Gasteiger partial charge is 0.726 e. The Kier molecular flexibility index (Phi) is 9.71. The van der Waals surface area contributed by atoms with E-state index in [0.29, 0.717) is 17.3 Å². The molecule has 0 unspecified atom stereocenters. The molecule has 0 aliphatic carbocycles.